The zero-order valence-corrected chi connectivity index (χ0v) is 8.16. The minimum absolute atomic E-state index is 0.00171. The highest BCUT2D eigenvalue weighted by Gasteiger charge is 2.11. The van der Waals surface area contributed by atoms with Crippen LogP contribution in [0.1, 0.15) is 15.9 Å². The molecule has 0 fully saturated rings. The molecule has 0 unspecified atom stereocenters. The predicted octanol–water partition coefficient (Wildman–Crippen LogP) is -0.229. The Labute approximate surface area is 81.3 Å². The van der Waals surface area contributed by atoms with Crippen molar-refractivity contribution in [1.29, 1.82) is 0 Å². The van der Waals surface area contributed by atoms with Gasteiger partial charge in [0.1, 0.15) is 0 Å². The summed E-state index contributed by atoms with van der Waals surface area (Å²) >= 11 is 0. The molecular weight excluding hydrogens is 186 g/mol. The van der Waals surface area contributed by atoms with Crippen LogP contribution in [0, 0.1) is 6.92 Å². The summed E-state index contributed by atoms with van der Waals surface area (Å²) in [5.41, 5.74) is 0.446. The summed E-state index contributed by atoms with van der Waals surface area (Å²) in [6.07, 6.45) is 0. The number of rotatable bonds is 3. The van der Waals surface area contributed by atoms with Crippen molar-refractivity contribution >= 4 is 5.97 Å². The number of aromatic carboxylic acids is 1. The fraction of sp³-hybridized carbons (Fsp3) is 0.333. The van der Waals surface area contributed by atoms with Crippen LogP contribution in [0.4, 0.5) is 0 Å². The third kappa shape index (κ3) is 1.76. The van der Waals surface area contributed by atoms with Gasteiger partial charge in [0.05, 0.1) is 25.8 Å². The van der Waals surface area contributed by atoms with Crippen molar-refractivity contribution in [2.45, 2.75) is 6.92 Å². The Balaban J connectivity index is 3.34. The maximum atomic E-state index is 10.7. The van der Waals surface area contributed by atoms with Gasteiger partial charge >= 0.3 is 0 Å². The van der Waals surface area contributed by atoms with Crippen molar-refractivity contribution in [2.75, 3.05) is 14.2 Å². The van der Waals surface area contributed by atoms with Gasteiger partial charge in [0.25, 0.3) is 0 Å². The van der Waals surface area contributed by atoms with E-state index in [-0.39, 0.29) is 11.4 Å². The Morgan fingerprint density at radius 3 is 2.50 bits per heavy atom. The predicted molar refractivity (Wildman–Crippen MR) is 46.4 cm³/mol. The average molecular weight is 196 g/mol. The van der Waals surface area contributed by atoms with E-state index in [1.807, 2.05) is 0 Å². The molecule has 0 aliphatic heterocycles. The van der Waals surface area contributed by atoms with Gasteiger partial charge < -0.3 is 19.4 Å². The summed E-state index contributed by atoms with van der Waals surface area (Å²) in [5, 5.41) is 10.7. The molecule has 0 saturated heterocycles. The van der Waals surface area contributed by atoms with Crippen molar-refractivity contribution in [3.63, 3.8) is 0 Å². The van der Waals surface area contributed by atoms with Gasteiger partial charge in [-0.3, -0.25) is 0 Å². The molecule has 0 N–H and O–H groups in total. The van der Waals surface area contributed by atoms with E-state index < -0.39 is 5.97 Å². The van der Waals surface area contributed by atoms with Gasteiger partial charge in [0, 0.05) is 6.07 Å². The van der Waals surface area contributed by atoms with Crippen molar-refractivity contribution in [3.8, 4) is 11.8 Å². The number of pyridine rings is 1. The first-order chi connectivity index (χ1) is 6.60. The average Bonchev–Trinajstić information content (AvgIpc) is 2.15. The van der Waals surface area contributed by atoms with E-state index in [1.54, 1.807) is 6.92 Å². The molecule has 0 saturated carbocycles. The first kappa shape index (κ1) is 10.3. The van der Waals surface area contributed by atoms with Crippen LogP contribution in [0.2, 0.25) is 0 Å². The number of aryl methyl sites for hydroxylation is 1. The van der Waals surface area contributed by atoms with E-state index in [0.717, 1.165) is 0 Å². The van der Waals surface area contributed by atoms with Crippen LogP contribution in [0.15, 0.2) is 6.07 Å². The summed E-state index contributed by atoms with van der Waals surface area (Å²) in [6.45, 7) is 1.62. The lowest BCUT2D eigenvalue weighted by molar-refractivity contribution is -0.255. The van der Waals surface area contributed by atoms with Gasteiger partial charge in [-0.1, -0.05) is 0 Å². The Kier molecular flexibility index (Phi) is 2.91. The van der Waals surface area contributed by atoms with Gasteiger partial charge in [-0.05, 0) is 12.5 Å². The number of hydrogen-bond acceptors (Lipinski definition) is 5. The van der Waals surface area contributed by atoms with E-state index in [1.165, 1.54) is 20.3 Å². The molecule has 0 atom stereocenters. The van der Waals surface area contributed by atoms with Crippen LogP contribution in [0.3, 0.4) is 0 Å². The molecule has 1 aromatic rings. The summed E-state index contributed by atoms with van der Waals surface area (Å²) < 4.78 is 9.69. The fourth-order valence-electron chi connectivity index (χ4n) is 1.11. The number of carboxylic acids is 1. The van der Waals surface area contributed by atoms with Crippen LogP contribution < -0.4 is 14.6 Å². The number of methoxy groups -OCH3 is 2. The number of ether oxygens (including phenoxy) is 2. The third-order valence-corrected chi connectivity index (χ3v) is 1.77. The molecule has 0 spiro atoms. The molecule has 5 nitrogen and oxygen atoms in total. The van der Waals surface area contributed by atoms with E-state index in [9.17, 15) is 9.90 Å². The number of aromatic nitrogens is 1. The highest BCUT2D eigenvalue weighted by atomic mass is 16.5. The molecule has 5 heteroatoms. The lowest BCUT2D eigenvalue weighted by Gasteiger charge is -2.12. The molecule has 0 aliphatic carbocycles. The molecule has 76 valence electrons. The van der Waals surface area contributed by atoms with Gasteiger partial charge in [-0.15, -0.1) is 0 Å². The van der Waals surface area contributed by atoms with Crippen LogP contribution in [-0.4, -0.2) is 25.2 Å². The first-order valence-corrected chi connectivity index (χ1v) is 3.91. The summed E-state index contributed by atoms with van der Waals surface area (Å²) in [4.78, 5) is 14.6. The number of carbonyl (C=O) groups excluding carboxylic acids is 1. The van der Waals surface area contributed by atoms with Crippen molar-refractivity contribution in [2.24, 2.45) is 0 Å². The highest BCUT2D eigenvalue weighted by molar-refractivity contribution is 5.90. The number of carboxylic acid groups (broad SMARTS) is 1. The molecule has 0 aliphatic rings. The van der Waals surface area contributed by atoms with Crippen LogP contribution in [0.5, 0.6) is 11.8 Å². The fourth-order valence-corrected chi connectivity index (χ4v) is 1.11. The standard InChI is InChI=1S/C9H11NO4/c1-5-4-6(13-2)10-8(14-3)7(5)9(11)12/h4H,1-3H3,(H,11,12)/p-1. The lowest BCUT2D eigenvalue weighted by Crippen LogP contribution is -2.24. The maximum absolute atomic E-state index is 10.7. The van der Waals surface area contributed by atoms with E-state index in [0.29, 0.717) is 11.4 Å². The monoisotopic (exact) mass is 196 g/mol. The summed E-state index contributed by atoms with van der Waals surface area (Å²) in [7, 11) is 2.79. The van der Waals surface area contributed by atoms with Crippen molar-refractivity contribution in [1.82, 2.24) is 4.98 Å². The lowest BCUT2D eigenvalue weighted by atomic mass is 10.1. The second-order valence-electron chi connectivity index (χ2n) is 2.65. The Hall–Kier alpha value is -1.78. The second-order valence-corrected chi connectivity index (χ2v) is 2.65. The first-order valence-electron chi connectivity index (χ1n) is 3.91. The van der Waals surface area contributed by atoms with Crippen LogP contribution >= 0.6 is 0 Å². The Morgan fingerprint density at radius 1 is 1.43 bits per heavy atom. The molecule has 1 heterocycles. The largest absolute Gasteiger partial charge is 0.545 e. The SMILES string of the molecule is COc1cc(C)c(C(=O)[O-])c(OC)n1. The van der Waals surface area contributed by atoms with Gasteiger partial charge in [0.2, 0.25) is 11.8 Å². The zero-order valence-electron chi connectivity index (χ0n) is 8.16. The normalized spacial score (nSPS) is 9.64. The highest BCUT2D eigenvalue weighted by Crippen LogP contribution is 2.23. The van der Waals surface area contributed by atoms with Crippen LogP contribution in [-0.2, 0) is 0 Å². The minimum atomic E-state index is -1.31. The Bertz CT molecular complexity index is 362. The number of nitrogens with zero attached hydrogens (tertiary/aromatic N) is 1. The zero-order chi connectivity index (χ0) is 10.7. The topological polar surface area (TPSA) is 71.5 Å². The van der Waals surface area contributed by atoms with Gasteiger partial charge in [0.15, 0.2) is 0 Å². The van der Waals surface area contributed by atoms with E-state index in [2.05, 4.69) is 4.98 Å². The van der Waals surface area contributed by atoms with Gasteiger partial charge in [-0.25, -0.2) is 0 Å². The van der Waals surface area contributed by atoms with E-state index >= 15 is 0 Å². The van der Waals surface area contributed by atoms with Crippen LogP contribution in [0.25, 0.3) is 0 Å². The molecule has 0 radical (unpaired) electrons. The summed E-state index contributed by atoms with van der Waals surface area (Å²) in [5.74, 6) is -0.999. The molecule has 1 aromatic heterocycles. The van der Waals surface area contributed by atoms with E-state index in [4.69, 9.17) is 9.47 Å². The van der Waals surface area contributed by atoms with Crippen molar-refractivity contribution < 1.29 is 19.4 Å². The minimum Gasteiger partial charge on any atom is -0.545 e. The smallest absolute Gasteiger partial charge is 0.225 e. The van der Waals surface area contributed by atoms with Gasteiger partial charge in [-0.2, -0.15) is 4.98 Å². The number of carbonyl (C=O) groups is 1. The Morgan fingerprint density at radius 2 is 2.07 bits per heavy atom. The number of hydrogen-bond donors (Lipinski definition) is 0. The molecule has 1 rings (SSSR count). The van der Waals surface area contributed by atoms with Crippen molar-refractivity contribution in [3.05, 3.63) is 17.2 Å². The molecule has 0 aromatic carbocycles. The third-order valence-electron chi connectivity index (χ3n) is 1.77. The second kappa shape index (κ2) is 3.95. The molecule has 0 bridgehead atoms. The maximum Gasteiger partial charge on any atom is 0.225 e. The quantitative estimate of drug-likeness (QED) is 0.667. The molecule has 14 heavy (non-hydrogen) atoms. The molecular formula is C9H10NO4-. The molecule has 0 amide bonds. The summed E-state index contributed by atoms with van der Waals surface area (Å²) in [6, 6.07) is 1.51.